The first-order chi connectivity index (χ1) is 11.3. The molecule has 0 saturated heterocycles. The Balaban J connectivity index is 1.56. The van der Waals surface area contributed by atoms with E-state index < -0.39 is 0 Å². The molecule has 2 N–H and O–H groups in total. The highest BCUT2D eigenvalue weighted by Gasteiger charge is 2.04. The topological polar surface area (TPSA) is 84.9 Å². The van der Waals surface area contributed by atoms with Gasteiger partial charge in [0.05, 0.1) is 5.39 Å². The van der Waals surface area contributed by atoms with Crippen molar-refractivity contribution >= 4 is 33.2 Å². The van der Waals surface area contributed by atoms with Gasteiger partial charge in [-0.15, -0.1) is 11.3 Å². The molecule has 0 aliphatic rings. The van der Waals surface area contributed by atoms with Crippen LogP contribution in [-0.2, 0) is 11.3 Å². The van der Waals surface area contributed by atoms with E-state index in [4.69, 9.17) is 4.74 Å². The minimum absolute atomic E-state index is 0.408. The van der Waals surface area contributed by atoms with Crippen molar-refractivity contribution in [3.63, 3.8) is 0 Å². The SMILES string of the molecule is COCc1nc(C)cc(NCCNc2ncnc3sccc23)n1. The predicted molar refractivity (Wildman–Crippen MR) is 91.9 cm³/mol. The number of hydrogen-bond donors (Lipinski definition) is 2. The summed E-state index contributed by atoms with van der Waals surface area (Å²) in [6.07, 6.45) is 1.58. The molecule has 7 nitrogen and oxygen atoms in total. The summed E-state index contributed by atoms with van der Waals surface area (Å²) in [4.78, 5) is 18.3. The number of anilines is 2. The van der Waals surface area contributed by atoms with E-state index in [1.54, 1.807) is 24.8 Å². The molecule has 0 amide bonds. The molecule has 0 saturated carbocycles. The van der Waals surface area contributed by atoms with Crippen molar-refractivity contribution in [2.45, 2.75) is 13.5 Å². The maximum Gasteiger partial charge on any atom is 0.156 e. The van der Waals surface area contributed by atoms with Gasteiger partial charge in [0.25, 0.3) is 0 Å². The standard InChI is InChI=1S/C15H18N6OS/c1-10-7-12(21-13(20-10)8-22-2)16-4-5-17-14-11-3-6-23-15(11)19-9-18-14/h3,6-7,9H,4-5,8H2,1-2H3,(H,16,20,21)(H,17,18,19). The minimum Gasteiger partial charge on any atom is -0.377 e. The van der Waals surface area contributed by atoms with Crippen molar-refractivity contribution in [1.82, 2.24) is 19.9 Å². The Labute approximate surface area is 138 Å². The number of aromatic nitrogens is 4. The number of nitrogens with one attached hydrogen (secondary N) is 2. The first-order valence-corrected chi connectivity index (χ1v) is 8.13. The van der Waals surface area contributed by atoms with Gasteiger partial charge in [-0.25, -0.2) is 19.9 Å². The average Bonchev–Trinajstić information content (AvgIpc) is 3.00. The summed E-state index contributed by atoms with van der Waals surface area (Å²) in [7, 11) is 1.63. The molecular formula is C15H18N6OS. The number of hydrogen-bond acceptors (Lipinski definition) is 8. The second-order valence-electron chi connectivity index (χ2n) is 4.96. The Morgan fingerprint density at radius 3 is 2.91 bits per heavy atom. The van der Waals surface area contributed by atoms with Crippen LogP contribution in [0.3, 0.4) is 0 Å². The second kappa shape index (κ2) is 7.30. The fraction of sp³-hybridized carbons (Fsp3) is 0.333. The number of aryl methyl sites for hydroxylation is 1. The number of ether oxygens (including phenoxy) is 1. The molecule has 8 heteroatoms. The van der Waals surface area contributed by atoms with Crippen molar-refractivity contribution in [3.05, 3.63) is 35.4 Å². The molecule has 23 heavy (non-hydrogen) atoms. The largest absolute Gasteiger partial charge is 0.377 e. The molecular weight excluding hydrogens is 312 g/mol. The Morgan fingerprint density at radius 1 is 1.17 bits per heavy atom. The van der Waals surface area contributed by atoms with Gasteiger partial charge in [0.15, 0.2) is 5.82 Å². The second-order valence-corrected chi connectivity index (χ2v) is 5.85. The van der Waals surface area contributed by atoms with Crippen molar-refractivity contribution in [2.24, 2.45) is 0 Å². The molecule has 0 spiro atoms. The molecule has 3 heterocycles. The highest BCUT2D eigenvalue weighted by molar-refractivity contribution is 7.16. The number of rotatable bonds is 7. The van der Waals surface area contributed by atoms with Crippen LogP contribution in [0.2, 0.25) is 0 Å². The Bertz CT molecular complexity index is 790. The van der Waals surface area contributed by atoms with Crippen LogP contribution in [0.1, 0.15) is 11.5 Å². The summed E-state index contributed by atoms with van der Waals surface area (Å²) in [5, 5.41) is 9.68. The van der Waals surface area contributed by atoms with Gasteiger partial charge >= 0.3 is 0 Å². The molecule has 3 rings (SSSR count). The molecule has 0 bridgehead atoms. The van der Waals surface area contributed by atoms with Crippen molar-refractivity contribution in [2.75, 3.05) is 30.8 Å². The average molecular weight is 330 g/mol. The normalized spacial score (nSPS) is 10.9. The summed E-state index contributed by atoms with van der Waals surface area (Å²) in [5.74, 6) is 2.34. The molecule has 0 fully saturated rings. The van der Waals surface area contributed by atoms with E-state index in [2.05, 4.69) is 30.6 Å². The van der Waals surface area contributed by atoms with Crippen molar-refractivity contribution < 1.29 is 4.74 Å². The van der Waals surface area contributed by atoms with Crippen molar-refractivity contribution in [1.29, 1.82) is 0 Å². The Hall–Kier alpha value is -2.32. The van der Waals surface area contributed by atoms with E-state index in [0.29, 0.717) is 12.4 Å². The number of fused-ring (bicyclic) bond motifs is 1. The Morgan fingerprint density at radius 2 is 2.04 bits per heavy atom. The lowest BCUT2D eigenvalue weighted by molar-refractivity contribution is 0.177. The molecule has 0 atom stereocenters. The third-order valence-corrected chi connectivity index (χ3v) is 3.98. The van der Waals surface area contributed by atoms with Gasteiger partial charge < -0.3 is 15.4 Å². The molecule has 3 aromatic heterocycles. The van der Waals surface area contributed by atoms with E-state index >= 15 is 0 Å². The molecule has 0 radical (unpaired) electrons. The molecule has 0 aromatic carbocycles. The fourth-order valence-corrected chi connectivity index (χ4v) is 2.95. The smallest absolute Gasteiger partial charge is 0.156 e. The van der Waals surface area contributed by atoms with E-state index in [1.807, 2.05) is 24.4 Å². The maximum absolute atomic E-state index is 5.08. The zero-order chi connectivity index (χ0) is 16.1. The lowest BCUT2D eigenvalue weighted by Crippen LogP contribution is -2.16. The monoisotopic (exact) mass is 330 g/mol. The number of methoxy groups -OCH3 is 1. The van der Waals surface area contributed by atoms with Gasteiger partial charge in [-0.3, -0.25) is 0 Å². The van der Waals surface area contributed by atoms with Gasteiger partial charge in [0, 0.05) is 32.0 Å². The zero-order valence-electron chi connectivity index (χ0n) is 13.0. The summed E-state index contributed by atoms with van der Waals surface area (Å²) < 4.78 is 5.08. The van der Waals surface area contributed by atoms with E-state index in [0.717, 1.165) is 40.6 Å². The van der Waals surface area contributed by atoms with E-state index in [1.165, 1.54) is 0 Å². The van der Waals surface area contributed by atoms with Crippen LogP contribution < -0.4 is 10.6 Å². The Kier molecular flexibility index (Phi) is 4.94. The van der Waals surface area contributed by atoms with E-state index in [9.17, 15) is 0 Å². The summed E-state index contributed by atoms with van der Waals surface area (Å²) in [6, 6.07) is 3.95. The van der Waals surface area contributed by atoms with Crippen LogP contribution >= 0.6 is 11.3 Å². The van der Waals surface area contributed by atoms with E-state index in [-0.39, 0.29) is 0 Å². The lowest BCUT2D eigenvalue weighted by Gasteiger charge is -2.10. The number of thiophene rings is 1. The van der Waals surface area contributed by atoms with Gasteiger partial charge in [0.2, 0.25) is 0 Å². The zero-order valence-corrected chi connectivity index (χ0v) is 13.9. The number of nitrogens with zero attached hydrogens (tertiary/aromatic N) is 4. The van der Waals surface area contributed by atoms with Gasteiger partial charge in [-0.1, -0.05) is 0 Å². The van der Waals surface area contributed by atoms with Gasteiger partial charge in [-0.05, 0) is 18.4 Å². The molecule has 0 aliphatic heterocycles. The molecule has 0 unspecified atom stereocenters. The van der Waals surface area contributed by atoms with Crippen LogP contribution in [0.15, 0.2) is 23.8 Å². The summed E-state index contributed by atoms with van der Waals surface area (Å²) in [5.41, 5.74) is 0.915. The van der Waals surface area contributed by atoms with Gasteiger partial charge in [-0.2, -0.15) is 0 Å². The highest BCUT2D eigenvalue weighted by Crippen LogP contribution is 2.23. The van der Waals surface area contributed by atoms with Crippen LogP contribution in [0, 0.1) is 6.92 Å². The predicted octanol–water partition coefficient (Wildman–Crippen LogP) is 2.46. The maximum atomic E-state index is 5.08. The van der Waals surface area contributed by atoms with Crippen LogP contribution in [-0.4, -0.2) is 40.1 Å². The minimum atomic E-state index is 0.408. The molecule has 120 valence electrons. The van der Waals surface area contributed by atoms with Crippen LogP contribution in [0.5, 0.6) is 0 Å². The molecule has 0 aliphatic carbocycles. The summed E-state index contributed by atoms with van der Waals surface area (Å²) in [6.45, 7) is 3.80. The first-order valence-electron chi connectivity index (χ1n) is 7.25. The summed E-state index contributed by atoms with van der Waals surface area (Å²) >= 11 is 1.61. The lowest BCUT2D eigenvalue weighted by atomic mass is 10.3. The quantitative estimate of drug-likeness (QED) is 0.644. The van der Waals surface area contributed by atoms with Gasteiger partial charge in [0.1, 0.15) is 29.4 Å². The highest BCUT2D eigenvalue weighted by atomic mass is 32.1. The van der Waals surface area contributed by atoms with Crippen molar-refractivity contribution in [3.8, 4) is 0 Å². The first kappa shape index (κ1) is 15.6. The fourth-order valence-electron chi connectivity index (χ4n) is 2.22. The molecule has 3 aromatic rings. The third kappa shape index (κ3) is 3.91. The van der Waals surface area contributed by atoms with Crippen LogP contribution in [0.25, 0.3) is 10.2 Å². The third-order valence-electron chi connectivity index (χ3n) is 3.16. The van der Waals surface area contributed by atoms with Crippen LogP contribution in [0.4, 0.5) is 11.6 Å².